The van der Waals surface area contributed by atoms with Crippen LogP contribution in [0, 0.1) is 13.8 Å². The van der Waals surface area contributed by atoms with E-state index >= 15 is 0 Å². The van der Waals surface area contributed by atoms with Crippen molar-refractivity contribution < 1.29 is 9.21 Å². The summed E-state index contributed by atoms with van der Waals surface area (Å²) in [6.45, 7) is 7.88. The van der Waals surface area contributed by atoms with Gasteiger partial charge >= 0.3 is 0 Å². The van der Waals surface area contributed by atoms with Crippen LogP contribution in [0.15, 0.2) is 22.7 Å². The van der Waals surface area contributed by atoms with Crippen molar-refractivity contribution in [2.75, 3.05) is 0 Å². The Balaban J connectivity index is 2.04. The van der Waals surface area contributed by atoms with Crippen molar-refractivity contribution in [3.8, 4) is 0 Å². The maximum absolute atomic E-state index is 13.4. The molecule has 5 nitrogen and oxygen atoms in total. The number of pyridine rings is 1. The molecule has 0 bridgehead atoms. The highest BCUT2D eigenvalue weighted by molar-refractivity contribution is 5.93. The SMILES string of the molecule is CCC(CC)N(C(=O)c1oc(C)nc1C)[C@@H]1CCCc2cccnc21. The van der Waals surface area contributed by atoms with Crippen LogP contribution in [0.3, 0.4) is 0 Å². The van der Waals surface area contributed by atoms with Gasteiger partial charge in [-0.2, -0.15) is 0 Å². The molecule has 0 aromatic carbocycles. The highest BCUT2D eigenvalue weighted by Crippen LogP contribution is 2.36. The number of aryl methyl sites for hydroxylation is 3. The average Bonchev–Trinajstić information content (AvgIpc) is 2.97. The van der Waals surface area contributed by atoms with Crippen LogP contribution in [0.4, 0.5) is 0 Å². The van der Waals surface area contributed by atoms with Crippen LogP contribution >= 0.6 is 0 Å². The molecule has 2 aromatic heterocycles. The predicted octanol–water partition coefficient (Wildman–Crippen LogP) is 4.39. The summed E-state index contributed by atoms with van der Waals surface area (Å²) >= 11 is 0. The van der Waals surface area contributed by atoms with Gasteiger partial charge in [-0.15, -0.1) is 0 Å². The second-order valence-electron chi connectivity index (χ2n) is 6.79. The highest BCUT2D eigenvalue weighted by atomic mass is 16.4. The van der Waals surface area contributed by atoms with Crippen molar-refractivity contribution in [1.82, 2.24) is 14.9 Å². The maximum atomic E-state index is 13.4. The number of hydrogen-bond donors (Lipinski definition) is 0. The lowest BCUT2D eigenvalue weighted by Crippen LogP contribution is -2.44. The van der Waals surface area contributed by atoms with E-state index in [9.17, 15) is 4.79 Å². The minimum absolute atomic E-state index is 0.00663. The molecule has 0 fully saturated rings. The quantitative estimate of drug-likeness (QED) is 0.809. The van der Waals surface area contributed by atoms with Gasteiger partial charge < -0.3 is 9.32 Å². The molecule has 1 amide bonds. The molecule has 3 rings (SSSR count). The van der Waals surface area contributed by atoms with E-state index in [1.807, 2.05) is 24.1 Å². The van der Waals surface area contributed by atoms with Crippen molar-refractivity contribution in [2.45, 2.75) is 71.9 Å². The van der Waals surface area contributed by atoms with Crippen LogP contribution in [-0.4, -0.2) is 26.8 Å². The summed E-state index contributed by atoms with van der Waals surface area (Å²) in [5.74, 6) is 0.843. The van der Waals surface area contributed by atoms with Crippen molar-refractivity contribution >= 4 is 5.91 Å². The molecule has 0 N–H and O–H groups in total. The molecule has 0 radical (unpaired) electrons. The molecular weight excluding hydrogens is 314 g/mol. The van der Waals surface area contributed by atoms with Crippen LogP contribution < -0.4 is 0 Å². The van der Waals surface area contributed by atoms with Gasteiger partial charge in [0.25, 0.3) is 5.91 Å². The van der Waals surface area contributed by atoms with E-state index in [4.69, 9.17) is 4.42 Å². The van der Waals surface area contributed by atoms with E-state index in [1.54, 1.807) is 6.92 Å². The standard InChI is InChI=1S/C20H27N3O2/c1-5-16(6-2)23(20(24)19-13(3)22-14(4)25-19)17-11-7-9-15-10-8-12-21-18(15)17/h8,10,12,16-17H,5-7,9,11H2,1-4H3/t17-/m1/s1. The second-order valence-corrected chi connectivity index (χ2v) is 6.79. The van der Waals surface area contributed by atoms with Crippen molar-refractivity contribution in [2.24, 2.45) is 0 Å². The number of fused-ring (bicyclic) bond motifs is 1. The Hall–Kier alpha value is -2.17. The molecule has 2 heterocycles. The van der Waals surface area contributed by atoms with E-state index < -0.39 is 0 Å². The van der Waals surface area contributed by atoms with Crippen LogP contribution in [0.25, 0.3) is 0 Å². The monoisotopic (exact) mass is 341 g/mol. The van der Waals surface area contributed by atoms with Crippen LogP contribution in [0.5, 0.6) is 0 Å². The van der Waals surface area contributed by atoms with Gasteiger partial charge in [-0.25, -0.2) is 4.98 Å². The topological polar surface area (TPSA) is 59.2 Å². The Morgan fingerprint density at radius 1 is 1.36 bits per heavy atom. The Kier molecular flexibility index (Phi) is 5.21. The molecule has 2 aromatic rings. The van der Waals surface area contributed by atoms with Gasteiger partial charge in [0, 0.05) is 19.2 Å². The van der Waals surface area contributed by atoms with Crippen molar-refractivity contribution in [3.05, 3.63) is 46.9 Å². The highest BCUT2D eigenvalue weighted by Gasteiger charge is 2.36. The number of rotatable bonds is 5. The Labute approximate surface area is 149 Å². The van der Waals surface area contributed by atoms with Crippen LogP contribution in [0.2, 0.25) is 0 Å². The Morgan fingerprint density at radius 2 is 2.12 bits per heavy atom. The predicted molar refractivity (Wildman–Crippen MR) is 96.4 cm³/mol. The zero-order valence-electron chi connectivity index (χ0n) is 15.6. The first-order chi connectivity index (χ1) is 12.1. The maximum Gasteiger partial charge on any atom is 0.292 e. The lowest BCUT2D eigenvalue weighted by molar-refractivity contribution is 0.0485. The van der Waals surface area contributed by atoms with Gasteiger partial charge in [0.1, 0.15) is 0 Å². The lowest BCUT2D eigenvalue weighted by atomic mass is 9.89. The number of nitrogens with zero attached hydrogens (tertiary/aromatic N) is 3. The Bertz CT molecular complexity index is 749. The van der Waals surface area contributed by atoms with E-state index in [0.29, 0.717) is 17.3 Å². The van der Waals surface area contributed by atoms with E-state index in [2.05, 4.69) is 29.9 Å². The fourth-order valence-corrected chi connectivity index (χ4v) is 3.95. The zero-order valence-corrected chi connectivity index (χ0v) is 15.6. The minimum Gasteiger partial charge on any atom is -0.436 e. The molecule has 0 saturated carbocycles. The molecule has 25 heavy (non-hydrogen) atoms. The molecule has 1 aliphatic rings. The molecule has 0 saturated heterocycles. The largest absolute Gasteiger partial charge is 0.436 e. The van der Waals surface area contributed by atoms with E-state index in [-0.39, 0.29) is 18.0 Å². The number of amides is 1. The van der Waals surface area contributed by atoms with Gasteiger partial charge in [0.2, 0.25) is 5.76 Å². The van der Waals surface area contributed by atoms with Gasteiger partial charge in [0.15, 0.2) is 5.89 Å². The van der Waals surface area contributed by atoms with Gasteiger partial charge in [-0.05, 0) is 50.7 Å². The summed E-state index contributed by atoms with van der Waals surface area (Å²) < 4.78 is 5.65. The van der Waals surface area contributed by atoms with Crippen molar-refractivity contribution in [3.63, 3.8) is 0 Å². The molecule has 0 aliphatic heterocycles. The van der Waals surface area contributed by atoms with Gasteiger partial charge in [-0.1, -0.05) is 19.9 Å². The zero-order chi connectivity index (χ0) is 18.0. The molecule has 1 atom stereocenters. The summed E-state index contributed by atoms with van der Waals surface area (Å²) in [5.41, 5.74) is 2.96. The first-order valence-electron chi connectivity index (χ1n) is 9.27. The molecule has 0 spiro atoms. The number of oxazole rings is 1. The number of carbonyl (C=O) groups excluding carboxylic acids is 1. The summed E-state index contributed by atoms with van der Waals surface area (Å²) in [6, 6.07) is 4.28. The van der Waals surface area contributed by atoms with Gasteiger partial charge in [0.05, 0.1) is 17.4 Å². The molecular formula is C20H27N3O2. The number of hydrogen-bond acceptors (Lipinski definition) is 4. The summed E-state index contributed by atoms with van der Waals surface area (Å²) in [7, 11) is 0. The van der Waals surface area contributed by atoms with E-state index in [1.165, 1.54) is 5.56 Å². The fraction of sp³-hybridized carbons (Fsp3) is 0.550. The van der Waals surface area contributed by atoms with Gasteiger partial charge in [-0.3, -0.25) is 9.78 Å². The summed E-state index contributed by atoms with van der Waals surface area (Å²) in [4.78, 5) is 24.3. The first kappa shape index (κ1) is 17.6. The smallest absolute Gasteiger partial charge is 0.292 e. The van der Waals surface area contributed by atoms with Crippen LogP contribution in [-0.2, 0) is 6.42 Å². The van der Waals surface area contributed by atoms with E-state index in [0.717, 1.165) is 37.8 Å². The first-order valence-corrected chi connectivity index (χ1v) is 9.27. The van der Waals surface area contributed by atoms with Crippen molar-refractivity contribution in [1.29, 1.82) is 0 Å². The number of carbonyl (C=O) groups is 1. The molecule has 0 unspecified atom stereocenters. The summed E-state index contributed by atoms with van der Waals surface area (Å²) in [5, 5.41) is 0. The Morgan fingerprint density at radius 3 is 2.76 bits per heavy atom. The third kappa shape index (κ3) is 3.32. The number of aromatic nitrogens is 2. The second kappa shape index (κ2) is 7.38. The van der Waals surface area contributed by atoms with Crippen LogP contribution in [0.1, 0.15) is 79.0 Å². The molecule has 1 aliphatic carbocycles. The molecule has 134 valence electrons. The third-order valence-corrected chi connectivity index (χ3v) is 5.17. The lowest BCUT2D eigenvalue weighted by Gasteiger charge is -2.39. The average molecular weight is 341 g/mol. The summed E-state index contributed by atoms with van der Waals surface area (Å²) in [6.07, 6.45) is 6.70. The minimum atomic E-state index is -0.0599. The third-order valence-electron chi connectivity index (χ3n) is 5.17. The fourth-order valence-electron chi connectivity index (χ4n) is 3.95. The molecule has 5 heteroatoms. The normalized spacial score (nSPS) is 16.8.